The second-order valence-corrected chi connectivity index (χ2v) is 4.51. The van der Waals surface area contributed by atoms with Gasteiger partial charge in [0.2, 0.25) is 0 Å². The monoisotopic (exact) mass is 238 g/mol. The molecule has 16 heavy (non-hydrogen) atoms. The van der Waals surface area contributed by atoms with Crippen molar-refractivity contribution >= 4 is 12.6 Å². The number of hydrogen-bond donors (Lipinski definition) is 1. The van der Waals surface area contributed by atoms with Crippen molar-refractivity contribution in [2.75, 3.05) is 12.4 Å². The summed E-state index contributed by atoms with van der Waals surface area (Å²) in [4.78, 5) is 0. The molecule has 1 unspecified atom stereocenters. The van der Waals surface area contributed by atoms with Crippen LogP contribution in [-0.4, -0.2) is 12.4 Å². The normalized spacial score (nSPS) is 12.4. The van der Waals surface area contributed by atoms with E-state index in [0.29, 0.717) is 5.92 Å². The summed E-state index contributed by atoms with van der Waals surface area (Å²) in [7, 11) is 0. The van der Waals surface area contributed by atoms with Gasteiger partial charge in [-0.25, -0.2) is 0 Å². The number of rotatable bonds is 7. The van der Waals surface area contributed by atoms with Crippen molar-refractivity contribution in [3.05, 3.63) is 29.8 Å². The molecular weight excluding hydrogens is 216 g/mol. The molecule has 1 aromatic carbocycles. The van der Waals surface area contributed by atoms with E-state index in [0.717, 1.165) is 24.5 Å². The van der Waals surface area contributed by atoms with Crippen molar-refractivity contribution in [3.8, 4) is 5.75 Å². The third-order valence-corrected chi connectivity index (χ3v) is 3.29. The number of benzene rings is 1. The first kappa shape index (κ1) is 13.4. The molecular formula is C14H22OS. The number of aryl methyl sites for hydroxylation is 1. The van der Waals surface area contributed by atoms with Crippen molar-refractivity contribution in [1.82, 2.24) is 0 Å². The standard InChI is InChI=1S/C14H22OS/c1-3-5-13(11-16)10-15-14-8-6-12(4-2)7-9-14/h6-9,13,16H,3-5,10-11H2,1-2H3. The van der Waals surface area contributed by atoms with Gasteiger partial charge in [-0.1, -0.05) is 32.4 Å². The average molecular weight is 238 g/mol. The highest BCUT2D eigenvalue weighted by Crippen LogP contribution is 2.15. The van der Waals surface area contributed by atoms with E-state index in [-0.39, 0.29) is 0 Å². The number of ether oxygens (including phenoxy) is 1. The van der Waals surface area contributed by atoms with E-state index in [1.807, 2.05) is 0 Å². The third-order valence-electron chi connectivity index (χ3n) is 2.77. The van der Waals surface area contributed by atoms with Crippen LogP contribution >= 0.6 is 12.6 Å². The van der Waals surface area contributed by atoms with Gasteiger partial charge in [0.05, 0.1) is 6.61 Å². The maximum atomic E-state index is 5.76. The Labute approximate surface area is 105 Å². The van der Waals surface area contributed by atoms with Gasteiger partial charge in [0.1, 0.15) is 5.75 Å². The molecule has 90 valence electrons. The van der Waals surface area contributed by atoms with Crippen molar-refractivity contribution < 1.29 is 4.74 Å². The lowest BCUT2D eigenvalue weighted by atomic mass is 10.1. The van der Waals surface area contributed by atoms with Gasteiger partial charge in [-0.2, -0.15) is 12.6 Å². The lowest BCUT2D eigenvalue weighted by Crippen LogP contribution is -2.13. The molecule has 0 fully saturated rings. The minimum atomic E-state index is 0.569. The lowest BCUT2D eigenvalue weighted by Gasteiger charge is -2.14. The summed E-state index contributed by atoms with van der Waals surface area (Å²) in [5.41, 5.74) is 1.35. The summed E-state index contributed by atoms with van der Waals surface area (Å²) >= 11 is 4.35. The highest BCUT2D eigenvalue weighted by atomic mass is 32.1. The lowest BCUT2D eigenvalue weighted by molar-refractivity contribution is 0.254. The predicted molar refractivity (Wildman–Crippen MR) is 73.6 cm³/mol. The highest BCUT2D eigenvalue weighted by Gasteiger charge is 2.06. The van der Waals surface area contributed by atoms with Crippen LogP contribution in [0.5, 0.6) is 5.75 Å². The topological polar surface area (TPSA) is 9.23 Å². The summed E-state index contributed by atoms with van der Waals surface area (Å²) < 4.78 is 5.76. The SMILES string of the molecule is CCCC(CS)COc1ccc(CC)cc1. The van der Waals surface area contributed by atoms with Gasteiger partial charge in [0.15, 0.2) is 0 Å². The van der Waals surface area contributed by atoms with Crippen molar-refractivity contribution in [2.24, 2.45) is 5.92 Å². The molecule has 0 aliphatic carbocycles. The Balaban J connectivity index is 2.40. The fraction of sp³-hybridized carbons (Fsp3) is 0.571. The Bertz CT molecular complexity index is 281. The Kier molecular flexibility index (Phi) is 6.39. The second-order valence-electron chi connectivity index (χ2n) is 4.15. The van der Waals surface area contributed by atoms with Crippen LogP contribution in [0.3, 0.4) is 0 Å². The van der Waals surface area contributed by atoms with E-state index in [2.05, 4.69) is 50.7 Å². The molecule has 0 heterocycles. The maximum absolute atomic E-state index is 5.76. The molecule has 1 nitrogen and oxygen atoms in total. The number of hydrogen-bond acceptors (Lipinski definition) is 2. The zero-order valence-corrected chi connectivity index (χ0v) is 11.2. The van der Waals surface area contributed by atoms with Crippen LogP contribution in [0, 0.1) is 5.92 Å². The quantitative estimate of drug-likeness (QED) is 0.707. The van der Waals surface area contributed by atoms with E-state index < -0.39 is 0 Å². The van der Waals surface area contributed by atoms with Gasteiger partial charge in [0.25, 0.3) is 0 Å². The van der Waals surface area contributed by atoms with E-state index >= 15 is 0 Å². The van der Waals surface area contributed by atoms with Gasteiger partial charge in [-0.15, -0.1) is 0 Å². The van der Waals surface area contributed by atoms with Crippen LogP contribution in [0.2, 0.25) is 0 Å². The molecule has 0 spiro atoms. The smallest absolute Gasteiger partial charge is 0.119 e. The Morgan fingerprint density at radius 3 is 2.38 bits per heavy atom. The molecule has 0 saturated heterocycles. The maximum Gasteiger partial charge on any atom is 0.119 e. The van der Waals surface area contributed by atoms with Crippen LogP contribution in [-0.2, 0) is 6.42 Å². The molecule has 0 aliphatic rings. The molecule has 0 amide bonds. The number of thiol groups is 1. The molecule has 0 aliphatic heterocycles. The van der Waals surface area contributed by atoms with Crippen LogP contribution in [0.4, 0.5) is 0 Å². The van der Waals surface area contributed by atoms with Crippen molar-refractivity contribution in [1.29, 1.82) is 0 Å². The summed E-state index contributed by atoms with van der Waals surface area (Å²) in [6.45, 7) is 5.14. The molecule has 0 aromatic heterocycles. The van der Waals surface area contributed by atoms with Gasteiger partial charge >= 0.3 is 0 Å². The molecule has 0 N–H and O–H groups in total. The molecule has 1 atom stereocenters. The fourth-order valence-corrected chi connectivity index (χ4v) is 1.96. The van der Waals surface area contributed by atoms with Crippen LogP contribution in [0.1, 0.15) is 32.3 Å². The Morgan fingerprint density at radius 2 is 1.88 bits per heavy atom. The fourth-order valence-electron chi connectivity index (χ4n) is 1.67. The van der Waals surface area contributed by atoms with Crippen LogP contribution < -0.4 is 4.74 Å². The van der Waals surface area contributed by atoms with Crippen LogP contribution in [0.15, 0.2) is 24.3 Å². The largest absolute Gasteiger partial charge is 0.493 e. The average Bonchev–Trinajstić information content (AvgIpc) is 2.35. The van der Waals surface area contributed by atoms with Gasteiger partial charge in [-0.3, -0.25) is 0 Å². The molecule has 2 heteroatoms. The third kappa shape index (κ3) is 4.48. The molecule has 0 radical (unpaired) electrons. The second kappa shape index (κ2) is 7.61. The molecule has 0 bridgehead atoms. The van der Waals surface area contributed by atoms with Crippen molar-refractivity contribution in [2.45, 2.75) is 33.1 Å². The minimum absolute atomic E-state index is 0.569. The van der Waals surface area contributed by atoms with E-state index in [1.165, 1.54) is 18.4 Å². The summed E-state index contributed by atoms with van der Waals surface area (Å²) in [5, 5.41) is 0. The van der Waals surface area contributed by atoms with Crippen LogP contribution in [0.25, 0.3) is 0 Å². The minimum Gasteiger partial charge on any atom is -0.493 e. The highest BCUT2D eigenvalue weighted by molar-refractivity contribution is 7.80. The summed E-state index contributed by atoms with van der Waals surface area (Å²) in [5.74, 6) is 2.44. The first-order valence-corrected chi connectivity index (χ1v) is 6.76. The van der Waals surface area contributed by atoms with E-state index in [1.54, 1.807) is 0 Å². The first-order valence-electron chi connectivity index (χ1n) is 6.12. The first-order chi connectivity index (χ1) is 7.80. The van der Waals surface area contributed by atoms with Crippen molar-refractivity contribution in [3.63, 3.8) is 0 Å². The van der Waals surface area contributed by atoms with Gasteiger partial charge < -0.3 is 4.74 Å². The molecule has 1 rings (SSSR count). The Hall–Kier alpha value is -0.630. The van der Waals surface area contributed by atoms with Gasteiger partial charge in [-0.05, 0) is 36.3 Å². The van der Waals surface area contributed by atoms with E-state index in [4.69, 9.17) is 4.74 Å². The summed E-state index contributed by atoms with van der Waals surface area (Å²) in [6, 6.07) is 8.37. The predicted octanol–water partition coefficient (Wildman–Crippen LogP) is 3.97. The summed E-state index contributed by atoms with van der Waals surface area (Å²) in [6.07, 6.45) is 3.47. The zero-order chi connectivity index (χ0) is 11.8. The Morgan fingerprint density at radius 1 is 1.19 bits per heavy atom. The molecule has 1 aromatic rings. The van der Waals surface area contributed by atoms with E-state index in [9.17, 15) is 0 Å². The molecule has 0 saturated carbocycles. The van der Waals surface area contributed by atoms with Gasteiger partial charge in [0, 0.05) is 5.92 Å². The zero-order valence-electron chi connectivity index (χ0n) is 10.3.